The Kier molecular flexibility index (Phi) is 6.47. The average molecular weight is 409 g/mol. The number of carbonyl (C=O) groups is 1. The van der Waals surface area contributed by atoms with Gasteiger partial charge in [-0.1, -0.05) is 41.4 Å². The molecule has 0 spiro atoms. The van der Waals surface area contributed by atoms with Crippen LogP contribution in [-0.4, -0.2) is 45.2 Å². The molecule has 1 fully saturated rings. The molecule has 2 aromatic rings. The molecule has 7 heteroatoms. The van der Waals surface area contributed by atoms with E-state index in [1.54, 1.807) is 25.3 Å². The Morgan fingerprint density at radius 3 is 2.37 bits per heavy atom. The highest BCUT2D eigenvalue weighted by atomic mass is 35.5. The topological polar surface area (TPSA) is 46.0 Å². The summed E-state index contributed by atoms with van der Waals surface area (Å²) in [5, 5.41) is 3.77. The van der Waals surface area contributed by atoms with Crippen LogP contribution in [0.5, 0.6) is 5.75 Å². The Labute approximate surface area is 169 Å². The van der Waals surface area contributed by atoms with Gasteiger partial charge in [0.15, 0.2) is 6.04 Å². The molecule has 1 aliphatic rings. The molecule has 0 radical (unpaired) electrons. The predicted octanol–water partition coefficient (Wildman–Crippen LogP) is 2.73. The van der Waals surface area contributed by atoms with Crippen LogP contribution >= 0.6 is 23.2 Å². The van der Waals surface area contributed by atoms with Crippen molar-refractivity contribution in [2.75, 3.05) is 43.5 Å². The van der Waals surface area contributed by atoms with Crippen LogP contribution in [0.4, 0.5) is 11.4 Å². The Hall–Kier alpha value is -1.95. The fourth-order valence-electron chi connectivity index (χ4n) is 3.39. The first-order chi connectivity index (χ1) is 13.0. The van der Waals surface area contributed by atoms with Crippen molar-refractivity contribution in [2.24, 2.45) is 0 Å². The third kappa shape index (κ3) is 4.49. The van der Waals surface area contributed by atoms with Gasteiger partial charge in [-0.25, -0.2) is 0 Å². The minimum atomic E-state index is -0.197. The summed E-state index contributed by atoms with van der Waals surface area (Å²) < 4.78 is 5.46. The van der Waals surface area contributed by atoms with Gasteiger partial charge < -0.3 is 19.9 Å². The first-order valence-corrected chi connectivity index (χ1v) is 9.74. The van der Waals surface area contributed by atoms with Crippen molar-refractivity contribution in [1.29, 1.82) is 0 Å². The smallest absolute Gasteiger partial charge is 0.282 e. The van der Waals surface area contributed by atoms with Gasteiger partial charge >= 0.3 is 0 Å². The minimum Gasteiger partial charge on any atom is -0.495 e. The summed E-state index contributed by atoms with van der Waals surface area (Å²) in [6, 6.07) is 13.0. The highest BCUT2D eigenvalue weighted by Gasteiger charge is 2.30. The quantitative estimate of drug-likeness (QED) is 0.799. The number of nitrogens with zero attached hydrogens (tertiary/aromatic N) is 1. The van der Waals surface area contributed by atoms with Gasteiger partial charge in [-0.15, -0.1) is 0 Å². The molecule has 0 aliphatic carbocycles. The third-order valence-corrected chi connectivity index (χ3v) is 5.68. The van der Waals surface area contributed by atoms with Gasteiger partial charge in [-0.3, -0.25) is 4.79 Å². The van der Waals surface area contributed by atoms with E-state index in [-0.39, 0.29) is 11.9 Å². The van der Waals surface area contributed by atoms with Crippen molar-refractivity contribution in [3.8, 4) is 5.75 Å². The van der Waals surface area contributed by atoms with E-state index < -0.39 is 0 Å². The van der Waals surface area contributed by atoms with Crippen LogP contribution in [0.15, 0.2) is 42.5 Å². The second-order valence-electron chi connectivity index (χ2n) is 6.62. The number of nitrogens with one attached hydrogen (secondary N) is 2. The lowest BCUT2D eigenvalue weighted by Gasteiger charge is -2.36. The van der Waals surface area contributed by atoms with Gasteiger partial charge in [0.1, 0.15) is 5.75 Å². The fraction of sp³-hybridized carbons (Fsp3) is 0.350. The minimum absolute atomic E-state index is 0.0780. The van der Waals surface area contributed by atoms with Gasteiger partial charge in [0.25, 0.3) is 5.91 Å². The summed E-state index contributed by atoms with van der Waals surface area (Å²) in [4.78, 5) is 16.2. The molecule has 2 aromatic carbocycles. The van der Waals surface area contributed by atoms with E-state index in [4.69, 9.17) is 27.9 Å². The van der Waals surface area contributed by atoms with Crippen molar-refractivity contribution in [2.45, 2.75) is 13.0 Å². The Morgan fingerprint density at radius 2 is 1.74 bits per heavy atom. The molecule has 1 aliphatic heterocycles. The highest BCUT2D eigenvalue weighted by molar-refractivity contribution is 6.39. The number of hydrogen-bond acceptors (Lipinski definition) is 3. The highest BCUT2D eigenvalue weighted by Crippen LogP contribution is 2.30. The van der Waals surface area contributed by atoms with Gasteiger partial charge in [0.2, 0.25) is 0 Å². The molecule has 0 saturated carbocycles. The van der Waals surface area contributed by atoms with Gasteiger partial charge in [0.05, 0.1) is 54.7 Å². The lowest BCUT2D eigenvalue weighted by Crippen LogP contribution is -3.19. The number of piperazine rings is 1. The van der Waals surface area contributed by atoms with E-state index in [0.29, 0.717) is 15.7 Å². The number of hydrogen-bond donors (Lipinski definition) is 2. The summed E-state index contributed by atoms with van der Waals surface area (Å²) in [5.41, 5.74) is 1.57. The van der Waals surface area contributed by atoms with Crippen molar-refractivity contribution >= 4 is 40.5 Å². The number of anilines is 2. The lowest BCUT2D eigenvalue weighted by molar-refractivity contribution is -0.914. The molecule has 0 aromatic heterocycles. The molecule has 0 unspecified atom stereocenters. The van der Waals surface area contributed by atoms with Crippen LogP contribution in [0.25, 0.3) is 0 Å². The number of ether oxygens (including phenoxy) is 1. The standard InChI is InChI=1S/C20H23Cl2N3O2/c1-14(20(26)23-19-15(21)6-5-7-16(19)22)24-10-12-25(13-11-24)17-8-3-4-9-18(17)27-2/h3-9,14H,10-13H2,1-2H3,(H,23,26)/p+1/t14-/m0/s1. The van der Waals surface area contributed by atoms with Crippen LogP contribution in [0, 0.1) is 0 Å². The maximum Gasteiger partial charge on any atom is 0.282 e. The van der Waals surface area contributed by atoms with E-state index in [1.165, 1.54) is 4.90 Å². The number of quaternary nitrogens is 1. The molecule has 1 heterocycles. The van der Waals surface area contributed by atoms with Crippen molar-refractivity contribution < 1.29 is 14.4 Å². The number of halogens is 2. The number of methoxy groups -OCH3 is 1. The zero-order valence-electron chi connectivity index (χ0n) is 15.5. The van der Waals surface area contributed by atoms with Gasteiger partial charge in [0, 0.05) is 0 Å². The summed E-state index contributed by atoms with van der Waals surface area (Å²) in [7, 11) is 1.69. The molecule has 27 heavy (non-hydrogen) atoms. The molecular formula is C20H24Cl2N3O2+. The molecule has 1 saturated heterocycles. The number of rotatable bonds is 5. The van der Waals surface area contributed by atoms with Crippen LogP contribution in [0.3, 0.4) is 0 Å². The van der Waals surface area contributed by atoms with Crippen molar-refractivity contribution in [3.63, 3.8) is 0 Å². The molecule has 1 amide bonds. The second-order valence-corrected chi connectivity index (χ2v) is 7.44. The summed E-state index contributed by atoms with van der Waals surface area (Å²) in [5.74, 6) is 0.797. The molecule has 3 rings (SSSR count). The van der Waals surface area contributed by atoms with Crippen molar-refractivity contribution in [3.05, 3.63) is 52.5 Å². The maximum atomic E-state index is 12.7. The molecule has 144 valence electrons. The molecular weight excluding hydrogens is 385 g/mol. The van der Waals surface area contributed by atoms with E-state index in [9.17, 15) is 4.79 Å². The Balaban J connectivity index is 1.61. The largest absolute Gasteiger partial charge is 0.495 e. The molecule has 0 bridgehead atoms. The number of benzene rings is 2. The van der Waals surface area contributed by atoms with Gasteiger partial charge in [-0.05, 0) is 31.2 Å². The lowest BCUT2D eigenvalue weighted by atomic mass is 10.2. The summed E-state index contributed by atoms with van der Waals surface area (Å²) in [6.45, 7) is 5.39. The Morgan fingerprint density at radius 1 is 1.11 bits per heavy atom. The average Bonchev–Trinajstić information content (AvgIpc) is 2.70. The molecule has 2 N–H and O–H groups in total. The van der Waals surface area contributed by atoms with E-state index >= 15 is 0 Å². The van der Waals surface area contributed by atoms with E-state index in [2.05, 4.69) is 16.3 Å². The van der Waals surface area contributed by atoms with E-state index in [0.717, 1.165) is 37.6 Å². The van der Waals surface area contributed by atoms with Crippen LogP contribution in [0.1, 0.15) is 6.92 Å². The van der Waals surface area contributed by atoms with E-state index in [1.807, 2.05) is 25.1 Å². The number of carbonyl (C=O) groups excluding carboxylic acids is 1. The van der Waals surface area contributed by atoms with Crippen LogP contribution in [0.2, 0.25) is 10.0 Å². The molecule has 5 nitrogen and oxygen atoms in total. The fourth-order valence-corrected chi connectivity index (χ4v) is 3.88. The SMILES string of the molecule is COc1ccccc1N1CC[NH+]([C@@H](C)C(=O)Nc2c(Cl)cccc2Cl)CC1. The second kappa shape index (κ2) is 8.83. The third-order valence-electron chi connectivity index (χ3n) is 5.05. The molecule has 1 atom stereocenters. The summed E-state index contributed by atoms with van der Waals surface area (Å²) >= 11 is 12.3. The zero-order chi connectivity index (χ0) is 19.4. The summed E-state index contributed by atoms with van der Waals surface area (Å²) in [6.07, 6.45) is 0. The predicted molar refractivity (Wildman–Crippen MR) is 110 cm³/mol. The first kappa shape index (κ1) is 19.8. The van der Waals surface area contributed by atoms with Crippen LogP contribution in [-0.2, 0) is 4.79 Å². The normalized spacial score (nSPS) is 16.1. The zero-order valence-corrected chi connectivity index (χ0v) is 17.0. The maximum absolute atomic E-state index is 12.7. The first-order valence-electron chi connectivity index (χ1n) is 8.98. The van der Waals surface area contributed by atoms with Crippen LogP contribution < -0.4 is 19.9 Å². The number of para-hydroxylation sites is 3. The van der Waals surface area contributed by atoms with Crippen molar-refractivity contribution in [1.82, 2.24) is 0 Å². The van der Waals surface area contributed by atoms with Gasteiger partial charge in [-0.2, -0.15) is 0 Å². The number of amides is 1. The Bertz CT molecular complexity index is 787. The monoisotopic (exact) mass is 408 g/mol.